The molecule has 196 valence electrons. The number of aromatic nitrogens is 4. The molecule has 0 bridgehead atoms. The van der Waals surface area contributed by atoms with Crippen molar-refractivity contribution in [2.24, 2.45) is 0 Å². The molecule has 39 heavy (non-hydrogen) atoms. The predicted octanol–water partition coefficient (Wildman–Crippen LogP) is 5.28. The van der Waals surface area contributed by atoms with E-state index in [1.54, 1.807) is 18.0 Å². The molecule has 0 saturated heterocycles. The van der Waals surface area contributed by atoms with Gasteiger partial charge in [-0.15, -0.1) is 15.0 Å². The molecule has 0 aliphatic carbocycles. The fourth-order valence-corrected chi connectivity index (χ4v) is 9.24. The van der Waals surface area contributed by atoms with Gasteiger partial charge in [0.2, 0.25) is 11.6 Å². The third kappa shape index (κ3) is 5.27. The number of nitrogens with zero attached hydrogens (tertiary/aromatic N) is 4. The van der Waals surface area contributed by atoms with E-state index in [-0.39, 0.29) is 5.95 Å². The van der Waals surface area contributed by atoms with E-state index < -0.39 is 13.0 Å². The molecule has 0 aliphatic heterocycles. The highest BCUT2D eigenvalue weighted by molar-refractivity contribution is 7.95. The Morgan fingerprint density at radius 3 is 1.79 bits per heavy atom. The summed E-state index contributed by atoms with van der Waals surface area (Å²) in [6.07, 6.45) is 1.71. The fourth-order valence-electron chi connectivity index (χ4n) is 4.74. The predicted molar refractivity (Wildman–Crippen MR) is 156 cm³/mol. The van der Waals surface area contributed by atoms with Crippen molar-refractivity contribution in [3.63, 3.8) is 0 Å². The van der Waals surface area contributed by atoms with Crippen molar-refractivity contribution in [3.8, 4) is 17.1 Å². The number of aliphatic hydroxyl groups is 1. The van der Waals surface area contributed by atoms with Crippen LogP contribution in [-0.4, -0.2) is 39.0 Å². The van der Waals surface area contributed by atoms with Gasteiger partial charge in [-0.3, -0.25) is 0 Å². The van der Waals surface area contributed by atoms with Crippen LogP contribution < -0.4 is 20.7 Å². The summed E-state index contributed by atoms with van der Waals surface area (Å²) >= 11 is 0. The van der Waals surface area contributed by atoms with Crippen LogP contribution in [0, 0.1) is 0 Å². The largest absolute Gasteiger partial charge is 0.497 e. The molecular weight excluding hydrogens is 507 g/mol. The number of tetrazole rings is 1. The molecule has 1 N–H and O–H groups in total. The van der Waals surface area contributed by atoms with Gasteiger partial charge < -0.3 is 14.6 Å². The minimum absolute atomic E-state index is 0.182. The SMILES string of the molecule is CCO/C(O)=C/C(n1nnc(-c2ccc(OC)cc2)n1)[P+](c1ccccc1)(c1ccccc1)c1ccccc1. The van der Waals surface area contributed by atoms with Gasteiger partial charge in [0.05, 0.1) is 19.8 Å². The van der Waals surface area contributed by atoms with E-state index in [0.29, 0.717) is 12.4 Å². The van der Waals surface area contributed by atoms with Crippen molar-refractivity contribution in [2.45, 2.75) is 12.7 Å². The van der Waals surface area contributed by atoms with Gasteiger partial charge in [-0.1, -0.05) is 54.6 Å². The average molecular weight is 538 g/mol. The zero-order valence-electron chi connectivity index (χ0n) is 21.8. The smallest absolute Gasteiger partial charge is 0.278 e. The molecule has 5 aromatic rings. The second kappa shape index (κ2) is 11.9. The molecule has 0 saturated carbocycles. The number of methoxy groups -OCH3 is 1. The number of hydrogen-bond donors (Lipinski definition) is 1. The number of hydrogen-bond acceptors (Lipinski definition) is 6. The van der Waals surface area contributed by atoms with Crippen LogP contribution in [0.1, 0.15) is 12.7 Å². The quantitative estimate of drug-likeness (QED) is 0.193. The van der Waals surface area contributed by atoms with Crippen molar-refractivity contribution >= 4 is 23.2 Å². The number of ether oxygens (including phenoxy) is 2. The summed E-state index contributed by atoms with van der Waals surface area (Å²) in [7, 11) is -0.962. The molecule has 1 heterocycles. The van der Waals surface area contributed by atoms with E-state index in [0.717, 1.165) is 27.2 Å². The minimum atomic E-state index is -2.59. The zero-order chi connectivity index (χ0) is 27.1. The second-order valence-electron chi connectivity index (χ2n) is 8.74. The summed E-state index contributed by atoms with van der Waals surface area (Å²) in [5.41, 5.74) is 0.807. The summed E-state index contributed by atoms with van der Waals surface area (Å²) < 4.78 is 10.8. The first-order chi connectivity index (χ1) is 19.2. The number of allylic oxidation sites excluding steroid dienone is 1. The van der Waals surface area contributed by atoms with Crippen LogP contribution in [0.2, 0.25) is 0 Å². The highest BCUT2D eigenvalue weighted by Gasteiger charge is 2.54. The summed E-state index contributed by atoms with van der Waals surface area (Å²) in [6, 6.07) is 38.6. The van der Waals surface area contributed by atoms with Crippen molar-refractivity contribution < 1.29 is 14.6 Å². The Morgan fingerprint density at radius 1 is 0.821 bits per heavy atom. The average Bonchev–Trinajstić information content (AvgIpc) is 3.49. The van der Waals surface area contributed by atoms with Gasteiger partial charge in [0.1, 0.15) is 28.9 Å². The topological polar surface area (TPSA) is 82.3 Å². The molecule has 5 rings (SSSR count). The molecule has 1 unspecified atom stereocenters. The van der Waals surface area contributed by atoms with Crippen molar-refractivity contribution in [3.05, 3.63) is 127 Å². The lowest BCUT2D eigenvalue weighted by Crippen LogP contribution is -2.37. The number of rotatable bonds is 10. The molecule has 0 aliphatic rings. The fraction of sp³-hybridized carbons (Fsp3) is 0.129. The lowest BCUT2D eigenvalue weighted by Gasteiger charge is -2.32. The normalized spacial score (nSPS) is 12.6. The summed E-state index contributed by atoms with van der Waals surface area (Å²) in [6.45, 7) is 2.16. The zero-order valence-corrected chi connectivity index (χ0v) is 22.7. The Kier molecular flexibility index (Phi) is 7.99. The van der Waals surface area contributed by atoms with E-state index in [1.165, 1.54) is 0 Å². The first-order valence-corrected chi connectivity index (χ1v) is 14.6. The third-order valence-electron chi connectivity index (χ3n) is 6.48. The molecule has 1 aromatic heterocycles. The van der Waals surface area contributed by atoms with Gasteiger partial charge >= 0.3 is 0 Å². The van der Waals surface area contributed by atoms with Crippen molar-refractivity contribution in [1.29, 1.82) is 0 Å². The Labute approximate surface area is 228 Å². The van der Waals surface area contributed by atoms with Crippen LogP contribution >= 0.6 is 7.26 Å². The third-order valence-corrected chi connectivity index (χ3v) is 11.0. The molecule has 7 nitrogen and oxygen atoms in total. The molecule has 0 radical (unpaired) electrons. The van der Waals surface area contributed by atoms with Gasteiger partial charge in [0.25, 0.3) is 5.95 Å². The molecule has 0 fully saturated rings. The van der Waals surface area contributed by atoms with E-state index in [2.05, 4.69) is 46.7 Å². The molecular formula is C31H30N4O3P+. The van der Waals surface area contributed by atoms with Crippen LogP contribution in [-0.2, 0) is 4.74 Å². The van der Waals surface area contributed by atoms with Gasteiger partial charge in [-0.25, -0.2) is 0 Å². The summed E-state index contributed by atoms with van der Waals surface area (Å²) in [5, 5.41) is 28.1. The molecule has 4 aromatic carbocycles. The van der Waals surface area contributed by atoms with Crippen molar-refractivity contribution in [2.75, 3.05) is 13.7 Å². The van der Waals surface area contributed by atoms with Crippen LogP contribution in [0.5, 0.6) is 5.75 Å². The lowest BCUT2D eigenvalue weighted by molar-refractivity contribution is 0.100. The Morgan fingerprint density at radius 2 is 1.33 bits per heavy atom. The first-order valence-electron chi connectivity index (χ1n) is 12.7. The summed E-state index contributed by atoms with van der Waals surface area (Å²) in [5.74, 6) is 0.490. The maximum atomic E-state index is 10.9. The highest BCUT2D eigenvalue weighted by Crippen LogP contribution is 2.65. The van der Waals surface area contributed by atoms with Crippen LogP contribution in [0.25, 0.3) is 11.4 Å². The maximum Gasteiger partial charge on any atom is 0.278 e. The highest BCUT2D eigenvalue weighted by atomic mass is 31.2. The first kappa shape index (κ1) is 26.1. The number of aliphatic hydroxyl groups excluding tert-OH is 1. The molecule has 0 amide bonds. The molecule has 8 heteroatoms. The Hall–Kier alpha value is -4.48. The van der Waals surface area contributed by atoms with Gasteiger partial charge in [0, 0.05) is 5.56 Å². The van der Waals surface area contributed by atoms with Gasteiger partial charge in [-0.2, -0.15) is 0 Å². The van der Waals surface area contributed by atoms with Crippen LogP contribution in [0.3, 0.4) is 0 Å². The number of benzene rings is 4. The monoisotopic (exact) mass is 537 g/mol. The Balaban J connectivity index is 1.79. The van der Waals surface area contributed by atoms with Gasteiger partial charge in [-0.05, 0) is 72.8 Å². The van der Waals surface area contributed by atoms with Gasteiger partial charge in [0.15, 0.2) is 0 Å². The van der Waals surface area contributed by atoms with Crippen molar-refractivity contribution in [1.82, 2.24) is 20.2 Å². The second-order valence-corrected chi connectivity index (χ2v) is 12.3. The van der Waals surface area contributed by atoms with E-state index >= 15 is 0 Å². The van der Waals surface area contributed by atoms with E-state index in [9.17, 15) is 5.11 Å². The van der Waals surface area contributed by atoms with Crippen LogP contribution in [0.4, 0.5) is 0 Å². The van der Waals surface area contributed by atoms with E-state index in [1.807, 2.05) is 85.8 Å². The lowest BCUT2D eigenvalue weighted by atomic mass is 10.2. The molecule has 0 spiro atoms. The standard InChI is InChI=1S/C31H29N4O3P/c1-3-38-30(36)23-29(35-33-31(32-34-35)24-19-21-25(37-2)22-20-24)39(26-13-7-4-8-14-26,27-15-9-5-10-16-27)28-17-11-6-12-18-28/h4-23,29H,3H2,1-2H3/p+1/b30-23+. The Bertz CT molecular complexity index is 1410. The molecule has 1 atom stereocenters. The van der Waals surface area contributed by atoms with E-state index in [4.69, 9.17) is 14.6 Å². The summed E-state index contributed by atoms with van der Waals surface area (Å²) in [4.78, 5) is 1.61. The maximum absolute atomic E-state index is 10.9. The van der Waals surface area contributed by atoms with Crippen LogP contribution in [0.15, 0.2) is 127 Å². The minimum Gasteiger partial charge on any atom is -0.497 e.